The molecule has 2 aromatic carbocycles. The van der Waals surface area contributed by atoms with E-state index in [1.54, 1.807) is 12.0 Å². The van der Waals surface area contributed by atoms with Crippen LogP contribution in [-0.2, 0) is 24.3 Å². The Hall–Kier alpha value is -2.01. The van der Waals surface area contributed by atoms with E-state index in [4.69, 9.17) is 9.47 Å². The van der Waals surface area contributed by atoms with Gasteiger partial charge in [-0.15, -0.1) is 0 Å². The molecule has 0 aromatic heterocycles. The minimum Gasteiger partial charge on any atom is -0.496 e. The smallest absolute Gasteiger partial charge is 0.410 e. The van der Waals surface area contributed by atoms with Crippen molar-refractivity contribution in [2.45, 2.75) is 19.6 Å². The zero-order valence-electron chi connectivity index (χ0n) is 12.9. The molecular formula is C18H18BrNO3. The Bertz CT molecular complexity index is 703. The molecule has 120 valence electrons. The molecule has 3 rings (SSSR count). The van der Waals surface area contributed by atoms with E-state index in [0.29, 0.717) is 19.7 Å². The van der Waals surface area contributed by atoms with E-state index in [2.05, 4.69) is 15.9 Å². The van der Waals surface area contributed by atoms with E-state index in [1.807, 2.05) is 42.5 Å². The second-order valence-electron chi connectivity index (χ2n) is 5.42. The number of ether oxygens (including phenoxy) is 2. The quantitative estimate of drug-likeness (QED) is 0.808. The Morgan fingerprint density at radius 1 is 1.17 bits per heavy atom. The third kappa shape index (κ3) is 3.50. The highest BCUT2D eigenvalue weighted by atomic mass is 79.9. The van der Waals surface area contributed by atoms with Gasteiger partial charge in [-0.1, -0.05) is 46.3 Å². The summed E-state index contributed by atoms with van der Waals surface area (Å²) in [5.41, 5.74) is 3.24. The lowest BCUT2D eigenvalue weighted by Gasteiger charge is -2.29. The number of rotatable bonds is 3. The maximum absolute atomic E-state index is 12.3. The number of halogens is 1. The fraction of sp³-hybridized carbons (Fsp3) is 0.278. The van der Waals surface area contributed by atoms with Gasteiger partial charge in [0.2, 0.25) is 0 Å². The van der Waals surface area contributed by atoms with Crippen molar-refractivity contribution in [2.24, 2.45) is 0 Å². The zero-order chi connectivity index (χ0) is 16.2. The summed E-state index contributed by atoms with van der Waals surface area (Å²) in [6, 6.07) is 13.6. The Morgan fingerprint density at radius 3 is 2.70 bits per heavy atom. The van der Waals surface area contributed by atoms with Gasteiger partial charge in [-0.3, -0.25) is 0 Å². The van der Waals surface area contributed by atoms with Gasteiger partial charge in [0.15, 0.2) is 0 Å². The number of carbonyl (C=O) groups excluding carboxylic acids is 1. The van der Waals surface area contributed by atoms with E-state index in [9.17, 15) is 4.79 Å². The summed E-state index contributed by atoms with van der Waals surface area (Å²) in [5, 5.41) is 0. The van der Waals surface area contributed by atoms with Crippen LogP contribution in [0, 0.1) is 0 Å². The summed E-state index contributed by atoms with van der Waals surface area (Å²) in [6.07, 6.45) is 0.479. The summed E-state index contributed by atoms with van der Waals surface area (Å²) in [5.74, 6) is 0.875. The van der Waals surface area contributed by atoms with E-state index in [1.165, 1.54) is 0 Å². The first-order chi connectivity index (χ1) is 11.2. The molecule has 0 fully saturated rings. The van der Waals surface area contributed by atoms with Crippen molar-refractivity contribution < 1.29 is 14.3 Å². The van der Waals surface area contributed by atoms with Crippen LogP contribution in [-0.4, -0.2) is 24.6 Å². The van der Waals surface area contributed by atoms with E-state index < -0.39 is 0 Å². The predicted molar refractivity (Wildman–Crippen MR) is 91.4 cm³/mol. The van der Waals surface area contributed by atoms with Crippen LogP contribution in [0.2, 0.25) is 0 Å². The summed E-state index contributed by atoms with van der Waals surface area (Å²) in [7, 11) is 1.67. The Balaban J connectivity index is 1.68. The van der Waals surface area contributed by atoms with Gasteiger partial charge in [-0.25, -0.2) is 4.79 Å². The molecule has 4 nitrogen and oxygen atoms in total. The molecule has 0 unspecified atom stereocenters. The second kappa shape index (κ2) is 7.04. The number of nitrogens with zero attached hydrogens (tertiary/aromatic N) is 1. The highest BCUT2D eigenvalue weighted by Crippen LogP contribution is 2.33. The molecule has 0 aliphatic carbocycles. The largest absolute Gasteiger partial charge is 0.496 e. The van der Waals surface area contributed by atoms with Gasteiger partial charge >= 0.3 is 6.09 Å². The predicted octanol–water partition coefficient (Wildman–Crippen LogP) is 4.15. The Morgan fingerprint density at radius 2 is 1.96 bits per heavy atom. The highest BCUT2D eigenvalue weighted by molar-refractivity contribution is 9.10. The number of fused-ring (bicyclic) bond motifs is 1. The molecule has 0 N–H and O–H groups in total. The van der Waals surface area contributed by atoms with E-state index >= 15 is 0 Å². The van der Waals surface area contributed by atoms with Crippen molar-refractivity contribution in [3.05, 3.63) is 63.6 Å². The minimum atomic E-state index is -0.283. The topological polar surface area (TPSA) is 38.8 Å². The standard InChI is InChI=1S/C18H18BrNO3/c1-22-17-8-7-16(19)15-11-20(10-9-14(15)17)18(21)23-12-13-5-3-2-4-6-13/h2-8H,9-12H2,1H3. The first kappa shape index (κ1) is 15.9. The van der Waals surface area contributed by atoms with Crippen molar-refractivity contribution in [3.63, 3.8) is 0 Å². The van der Waals surface area contributed by atoms with Crippen molar-refractivity contribution in [3.8, 4) is 5.75 Å². The van der Waals surface area contributed by atoms with Gasteiger partial charge in [0.1, 0.15) is 12.4 Å². The molecule has 0 atom stereocenters. The molecule has 0 saturated carbocycles. The molecule has 1 heterocycles. The van der Waals surface area contributed by atoms with Crippen LogP contribution >= 0.6 is 15.9 Å². The molecule has 1 aliphatic rings. The SMILES string of the molecule is COc1ccc(Br)c2c1CCN(C(=O)OCc1ccccc1)C2. The molecular weight excluding hydrogens is 358 g/mol. The Labute approximate surface area is 144 Å². The average Bonchev–Trinajstić information content (AvgIpc) is 2.61. The first-order valence-corrected chi connectivity index (χ1v) is 8.28. The van der Waals surface area contributed by atoms with Crippen molar-refractivity contribution in [2.75, 3.05) is 13.7 Å². The number of hydrogen-bond acceptors (Lipinski definition) is 3. The molecule has 2 aromatic rings. The molecule has 5 heteroatoms. The lowest BCUT2D eigenvalue weighted by atomic mass is 9.99. The monoisotopic (exact) mass is 375 g/mol. The van der Waals surface area contributed by atoms with Crippen LogP contribution in [0.25, 0.3) is 0 Å². The number of amides is 1. The van der Waals surface area contributed by atoms with Gasteiger partial charge in [0, 0.05) is 16.6 Å². The molecule has 23 heavy (non-hydrogen) atoms. The highest BCUT2D eigenvalue weighted by Gasteiger charge is 2.25. The van der Waals surface area contributed by atoms with Gasteiger partial charge in [-0.2, -0.15) is 0 Å². The molecule has 1 amide bonds. The van der Waals surface area contributed by atoms with Gasteiger partial charge in [0.25, 0.3) is 0 Å². The lowest BCUT2D eigenvalue weighted by Crippen LogP contribution is -2.36. The van der Waals surface area contributed by atoms with Gasteiger partial charge < -0.3 is 14.4 Å². The lowest BCUT2D eigenvalue weighted by molar-refractivity contribution is 0.0916. The summed E-state index contributed by atoms with van der Waals surface area (Å²) < 4.78 is 11.8. The second-order valence-corrected chi connectivity index (χ2v) is 6.27. The maximum Gasteiger partial charge on any atom is 0.410 e. The molecule has 0 radical (unpaired) electrons. The van der Waals surface area contributed by atoms with Crippen molar-refractivity contribution >= 4 is 22.0 Å². The van der Waals surface area contributed by atoms with E-state index in [-0.39, 0.29) is 6.09 Å². The number of carbonyl (C=O) groups is 1. The average molecular weight is 376 g/mol. The summed E-state index contributed by atoms with van der Waals surface area (Å²) >= 11 is 3.56. The van der Waals surface area contributed by atoms with E-state index in [0.717, 1.165) is 33.3 Å². The summed E-state index contributed by atoms with van der Waals surface area (Å²) in [6.45, 7) is 1.45. The number of benzene rings is 2. The van der Waals surface area contributed by atoms with Crippen LogP contribution in [0.5, 0.6) is 5.75 Å². The fourth-order valence-corrected chi connectivity index (χ4v) is 3.26. The zero-order valence-corrected chi connectivity index (χ0v) is 14.5. The normalized spacial score (nSPS) is 13.4. The molecule has 0 saturated heterocycles. The van der Waals surface area contributed by atoms with Crippen LogP contribution < -0.4 is 4.74 Å². The Kier molecular flexibility index (Phi) is 4.86. The van der Waals surface area contributed by atoms with Crippen LogP contribution in [0.15, 0.2) is 46.9 Å². The van der Waals surface area contributed by atoms with Crippen LogP contribution in [0.1, 0.15) is 16.7 Å². The third-order valence-corrected chi connectivity index (χ3v) is 4.74. The van der Waals surface area contributed by atoms with Crippen LogP contribution in [0.3, 0.4) is 0 Å². The van der Waals surface area contributed by atoms with Gasteiger partial charge in [-0.05, 0) is 29.7 Å². The third-order valence-electron chi connectivity index (χ3n) is 3.99. The summed E-state index contributed by atoms with van der Waals surface area (Å²) in [4.78, 5) is 14.0. The molecule has 0 bridgehead atoms. The van der Waals surface area contributed by atoms with Crippen LogP contribution in [0.4, 0.5) is 4.79 Å². The van der Waals surface area contributed by atoms with Crippen molar-refractivity contribution in [1.29, 1.82) is 0 Å². The molecule has 1 aliphatic heterocycles. The number of hydrogen-bond donors (Lipinski definition) is 0. The number of methoxy groups -OCH3 is 1. The fourth-order valence-electron chi connectivity index (χ4n) is 2.76. The van der Waals surface area contributed by atoms with Crippen molar-refractivity contribution in [1.82, 2.24) is 4.90 Å². The first-order valence-electron chi connectivity index (χ1n) is 7.49. The minimum absolute atomic E-state index is 0.283. The molecule has 0 spiro atoms. The van der Waals surface area contributed by atoms with Gasteiger partial charge in [0.05, 0.1) is 13.7 Å². The maximum atomic E-state index is 12.3.